The van der Waals surface area contributed by atoms with Crippen LogP contribution in [-0.2, 0) is 0 Å². The molecule has 1 unspecified atom stereocenters. The van der Waals surface area contributed by atoms with E-state index in [0.29, 0.717) is 5.92 Å². The quantitative estimate of drug-likeness (QED) is 0.653. The second-order valence-electron chi connectivity index (χ2n) is 5.57. The summed E-state index contributed by atoms with van der Waals surface area (Å²) in [5, 5.41) is 0.110. The van der Waals surface area contributed by atoms with Crippen molar-refractivity contribution in [1.29, 1.82) is 0 Å². The van der Waals surface area contributed by atoms with Gasteiger partial charge in [-0.25, -0.2) is 9.82 Å². The molecule has 0 aliphatic heterocycles. The molecule has 3 rings (SSSR count). The Morgan fingerprint density at radius 2 is 1.76 bits per heavy atom. The maximum Gasteiger partial charge on any atom is 0.141 e. The molecule has 1 aliphatic rings. The average Bonchev–Trinajstić information content (AvgIpc) is 2.43. The number of halogens is 2. The molecule has 1 fully saturated rings. The lowest BCUT2D eigenvalue weighted by Gasteiger charge is -2.26. The lowest BCUT2D eigenvalue weighted by atomic mass is 9.79. The van der Waals surface area contributed by atoms with Crippen LogP contribution in [0.2, 0.25) is 5.02 Å². The summed E-state index contributed by atoms with van der Waals surface area (Å²) in [7, 11) is 0. The van der Waals surface area contributed by atoms with E-state index in [-0.39, 0.29) is 11.1 Å². The van der Waals surface area contributed by atoms with Crippen molar-refractivity contribution in [3.8, 4) is 0 Å². The second kappa shape index (κ2) is 6.14. The minimum atomic E-state index is -0.420. The highest BCUT2D eigenvalue weighted by atomic mass is 35.5. The van der Waals surface area contributed by atoms with E-state index in [1.54, 1.807) is 12.1 Å². The molecular weight excluding hydrogens is 287 g/mol. The zero-order valence-corrected chi connectivity index (χ0v) is 12.4. The van der Waals surface area contributed by atoms with Crippen molar-refractivity contribution in [2.24, 2.45) is 5.84 Å². The average molecular weight is 305 g/mol. The van der Waals surface area contributed by atoms with Gasteiger partial charge < -0.3 is 0 Å². The third kappa shape index (κ3) is 2.95. The van der Waals surface area contributed by atoms with E-state index >= 15 is 0 Å². The zero-order chi connectivity index (χ0) is 14.8. The molecule has 1 atom stereocenters. The number of nitrogens with two attached hydrogens (primary N) is 1. The van der Waals surface area contributed by atoms with Crippen LogP contribution in [0.25, 0.3) is 0 Å². The summed E-state index contributed by atoms with van der Waals surface area (Å²) in [6.07, 6.45) is 3.89. The Labute approximate surface area is 129 Å². The summed E-state index contributed by atoms with van der Waals surface area (Å²) < 4.78 is 13.3. The topological polar surface area (TPSA) is 38.0 Å². The number of rotatable bonds is 4. The van der Waals surface area contributed by atoms with Crippen molar-refractivity contribution >= 4 is 11.6 Å². The van der Waals surface area contributed by atoms with Crippen LogP contribution in [0.15, 0.2) is 42.5 Å². The summed E-state index contributed by atoms with van der Waals surface area (Å²) in [4.78, 5) is 0. The van der Waals surface area contributed by atoms with Crippen LogP contribution in [0.1, 0.15) is 47.9 Å². The van der Waals surface area contributed by atoms with Crippen LogP contribution < -0.4 is 11.3 Å². The van der Waals surface area contributed by atoms with Gasteiger partial charge in [0.1, 0.15) is 5.82 Å². The van der Waals surface area contributed by atoms with E-state index in [9.17, 15) is 4.39 Å². The lowest BCUT2D eigenvalue weighted by molar-refractivity contribution is 0.419. The third-order valence-corrected chi connectivity index (χ3v) is 4.58. The fraction of sp³-hybridized carbons (Fsp3) is 0.294. The zero-order valence-electron chi connectivity index (χ0n) is 11.7. The molecule has 2 nitrogen and oxygen atoms in total. The Hall–Kier alpha value is -1.42. The summed E-state index contributed by atoms with van der Waals surface area (Å²) >= 11 is 5.85. The van der Waals surface area contributed by atoms with Crippen molar-refractivity contribution in [3.05, 3.63) is 70.0 Å². The van der Waals surface area contributed by atoms with Crippen molar-refractivity contribution in [1.82, 2.24) is 5.43 Å². The minimum Gasteiger partial charge on any atom is -0.271 e. The molecular formula is C17H18ClFN2. The summed E-state index contributed by atoms with van der Waals surface area (Å²) in [5.74, 6) is 5.97. The molecule has 0 heterocycles. The van der Waals surface area contributed by atoms with Crippen LogP contribution in [0.4, 0.5) is 4.39 Å². The first-order chi connectivity index (χ1) is 10.2. The highest BCUT2D eigenvalue weighted by molar-refractivity contribution is 6.30. The molecule has 4 heteroatoms. The molecule has 3 N–H and O–H groups in total. The van der Waals surface area contributed by atoms with Gasteiger partial charge in [-0.3, -0.25) is 5.84 Å². The van der Waals surface area contributed by atoms with Gasteiger partial charge in [-0.2, -0.15) is 0 Å². The monoisotopic (exact) mass is 304 g/mol. The summed E-state index contributed by atoms with van der Waals surface area (Å²) in [6, 6.07) is 13.0. The lowest BCUT2D eigenvalue weighted by Crippen LogP contribution is -2.28. The van der Waals surface area contributed by atoms with E-state index in [0.717, 1.165) is 11.1 Å². The first-order valence-electron chi connectivity index (χ1n) is 7.20. The first kappa shape index (κ1) is 14.5. The molecule has 2 aromatic carbocycles. The molecule has 0 saturated heterocycles. The molecule has 0 spiro atoms. The Kier molecular flexibility index (Phi) is 4.24. The molecule has 110 valence electrons. The van der Waals surface area contributed by atoms with Crippen LogP contribution in [0.3, 0.4) is 0 Å². The Bertz CT molecular complexity index is 623. The van der Waals surface area contributed by atoms with Gasteiger partial charge in [0.15, 0.2) is 0 Å². The highest BCUT2D eigenvalue weighted by Crippen LogP contribution is 2.36. The fourth-order valence-corrected chi connectivity index (χ4v) is 2.97. The van der Waals surface area contributed by atoms with E-state index in [1.165, 1.54) is 30.9 Å². The van der Waals surface area contributed by atoms with Gasteiger partial charge in [0.25, 0.3) is 0 Å². The Morgan fingerprint density at radius 1 is 1.10 bits per heavy atom. The summed E-state index contributed by atoms with van der Waals surface area (Å²) in [5.41, 5.74) is 6.06. The molecule has 0 bridgehead atoms. The van der Waals surface area contributed by atoms with Gasteiger partial charge in [-0.05, 0) is 47.6 Å². The normalized spacial score (nSPS) is 16.5. The predicted molar refractivity (Wildman–Crippen MR) is 83.6 cm³/mol. The largest absolute Gasteiger partial charge is 0.271 e. The van der Waals surface area contributed by atoms with Crippen LogP contribution in [-0.4, -0.2) is 0 Å². The van der Waals surface area contributed by atoms with E-state index < -0.39 is 5.82 Å². The number of benzene rings is 2. The predicted octanol–water partition coefficient (Wildman–Crippen LogP) is 4.30. The molecule has 2 aromatic rings. The number of hydrazine groups is 1. The molecule has 0 radical (unpaired) electrons. The first-order valence-corrected chi connectivity index (χ1v) is 7.58. The van der Waals surface area contributed by atoms with Gasteiger partial charge in [0.2, 0.25) is 0 Å². The minimum absolute atomic E-state index is 0.110. The van der Waals surface area contributed by atoms with Gasteiger partial charge in [0, 0.05) is 0 Å². The fourth-order valence-electron chi connectivity index (χ4n) is 2.78. The van der Waals surface area contributed by atoms with Gasteiger partial charge in [0.05, 0.1) is 11.1 Å². The van der Waals surface area contributed by atoms with E-state index in [2.05, 4.69) is 29.7 Å². The van der Waals surface area contributed by atoms with Crippen LogP contribution >= 0.6 is 11.6 Å². The molecule has 0 aromatic heterocycles. The second-order valence-corrected chi connectivity index (χ2v) is 5.97. The third-order valence-electron chi connectivity index (χ3n) is 4.29. The smallest absolute Gasteiger partial charge is 0.141 e. The highest BCUT2D eigenvalue weighted by Gasteiger charge is 2.20. The van der Waals surface area contributed by atoms with Gasteiger partial charge >= 0.3 is 0 Å². The van der Waals surface area contributed by atoms with Gasteiger partial charge in [-0.1, -0.05) is 48.4 Å². The Balaban J connectivity index is 1.86. The van der Waals surface area contributed by atoms with Gasteiger partial charge in [-0.15, -0.1) is 0 Å². The van der Waals surface area contributed by atoms with Crippen LogP contribution in [0, 0.1) is 5.82 Å². The van der Waals surface area contributed by atoms with E-state index in [1.807, 2.05) is 0 Å². The Morgan fingerprint density at radius 3 is 2.29 bits per heavy atom. The molecule has 0 amide bonds. The SMILES string of the molecule is NNC(c1ccc(C2CCC2)cc1)c1ccc(F)c(Cl)c1. The summed E-state index contributed by atoms with van der Waals surface area (Å²) in [6.45, 7) is 0. The maximum atomic E-state index is 13.3. The standard InChI is InChI=1S/C17H18ClFN2/c18-15-10-14(8-9-16(15)19)17(21-20)13-6-4-12(5-7-13)11-2-1-3-11/h4-11,17,21H,1-3,20H2. The van der Waals surface area contributed by atoms with E-state index in [4.69, 9.17) is 17.4 Å². The maximum absolute atomic E-state index is 13.3. The number of hydrogen-bond donors (Lipinski definition) is 2. The number of hydrogen-bond acceptors (Lipinski definition) is 2. The number of nitrogens with one attached hydrogen (secondary N) is 1. The van der Waals surface area contributed by atoms with Crippen LogP contribution in [0.5, 0.6) is 0 Å². The van der Waals surface area contributed by atoms with Crippen molar-refractivity contribution < 1.29 is 4.39 Å². The molecule has 21 heavy (non-hydrogen) atoms. The molecule has 1 aliphatic carbocycles. The molecule has 1 saturated carbocycles. The van der Waals surface area contributed by atoms with Crippen molar-refractivity contribution in [2.45, 2.75) is 31.2 Å². The van der Waals surface area contributed by atoms with Crippen molar-refractivity contribution in [2.75, 3.05) is 0 Å². The van der Waals surface area contributed by atoms with Crippen molar-refractivity contribution in [3.63, 3.8) is 0 Å².